The van der Waals surface area contributed by atoms with E-state index in [0.717, 1.165) is 24.8 Å². The van der Waals surface area contributed by atoms with Gasteiger partial charge in [0.25, 0.3) is 5.91 Å². The summed E-state index contributed by atoms with van der Waals surface area (Å²) in [6.07, 6.45) is 5.89. The molecule has 0 N–H and O–H groups in total. The fraction of sp³-hybridized carbons (Fsp3) is 0.360. The summed E-state index contributed by atoms with van der Waals surface area (Å²) in [6, 6.07) is 15.7. The molecule has 0 saturated carbocycles. The molecule has 0 atom stereocenters. The predicted octanol–water partition coefficient (Wildman–Crippen LogP) is 3.74. The van der Waals surface area contributed by atoms with Gasteiger partial charge in [-0.3, -0.25) is 4.79 Å². The standard InChI is InChI=1S/C25H29NO5/c1-29-22-10-8-20(17-23(22)30-2)9-11-25(28)31-18-24(27)26-14-12-21(13-15-26)16-19-6-4-3-5-7-19/h3-11,17,21H,12-16,18H2,1-2H3. The monoisotopic (exact) mass is 423 g/mol. The van der Waals surface area contributed by atoms with E-state index in [4.69, 9.17) is 14.2 Å². The maximum Gasteiger partial charge on any atom is 0.331 e. The summed E-state index contributed by atoms with van der Waals surface area (Å²) in [5.41, 5.74) is 2.10. The van der Waals surface area contributed by atoms with Gasteiger partial charge in [-0.15, -0.1) is 0 Å². The van der Waals surface area contributed by atoms with Crippen molar-refractivity contribution in [2.45, 2.75) is 19.3 Å². The molecule has 0 bridgehead atoms. The highest BCUT2D eigenvalue weighted by Crippen LogP contribution is 2.28. The molecule has 0 aromatic heterocycles. The number of nitrogens with zero attached hydrogens (tertiary/aromatic N) is 1. The molecule has 1 fully saturated rings. The number of methoxy groups -OCH3 is 2. The summed E-state index contributed by atoms with van der Waals surface area (Å²) < 4.78 is 15.6. The van der Waals surface area contributed by atoms with Gasteiger partial charge in [-0.05, 0) is 54.5 Å². The van der Waals surface area contributed by atoms with Crippen LogP contribution in [0.25, 0.3) is 6.08 Å². The summed E-state index contributed by atoms with van der Waals surface area (Å²) in [5, 5.41) is 0. The van der Waals surface area contributed by atoms with E-state index in [9.17, 15) is 9.59 Å². The second kappa shape index (κ2) is 11.2. The van der Waals surface area contributed by atoms with Crippen LogP contribution in [0.5, 0.6) is 11.5 Å². The number of esters is 1. The molecule has 2 aromatic rings. The van der Waals surface area contributed by atoms with Crippen LogP contribution in [0.4, 0.5) is 0 Å². The predicted molar refractivity (Wildman–Crippen MR) is 119 cm³/mol. The third-order valence-corrected chi connectivity index (χ3v) is 5.49. The second-order valence-corrected chi connectivity index (χ2v) is 7.57. The Morgan fingerprint density at radius 3 is 2.39 bits per heavy atom. The third-order valence-electron chi connectivity index (χ3n) is 5.49. The lowest BCUT2D eigenvalue weighted by atomic mass is 9.90. The smallest absolute Gasteiger partial charge is 0.331 e. The number of hydrogen-bond donors (Lipinski definition) is 0. The van der Waals surface area contributed by atoms with Gasteiger partial charge in [0.15, 0.2) is 18.1 Å². The van der Waals surface area contributed by atoms with Crippen LogP contribution in [0.15, 0.2) is 54.6 Å². The van der Waals surface area contributed by atoms with Crippen molar-refractivity contribution in [2.24, 2.45) is 5.92 Å². The maximum absolute atomic E-state index is 12.4. The van der Waals surface area contributed by atoms with Crippen LogP contribution in [0, 0.1) is 5.92 Å². The lowest BCUT2D eigenvalue weighted by Gasteiger charge is -2.32. The topological polar surface area (TPSA) is 65.1 Å². The molecule has 1 heterocycles. The summed E-state index contributed by atoms with van der Waals surface area (Å²) in [4.78, 5) is 26.2. The first-order chi connectivity index (χ1) is 15.1. The number of carbonyl (C=O) groups excluding carboxylic acids is 2. The van der Waals surface area contributed by atoms with Crippen LogP contribution in [0.2, 0.25) is 0 Å². The first kappa shape index (κ1) is 22.4. The molecule has 164 valence electrons. The van der Waals surface area contributed by atoms with Crippen molar-refractivity contribution < 1.29 is 23.8 Å². The van der Waals surface area contributed by atoms with Crippen LogP contribution in [-0.2, 0) is 20.7 Å². The lowest BCUT2D eigenvalue weighted by molar-refractivity contribution is -0.148. The van der Waals surface area contributed by atoms with E-state index >= 15 is 0 Å². The first-order valence-electron chi connectivity index (χ1n) is 10.5. The van der Waals surface area contributed by atoms with Gasteiger partial charge in [-0.2, -0.15) is 0 Å². The molecule has 6 heteroatoms. The zero-order valence-corrected chi connectivity index (χ0v) is 18.1. The quantitative estimate of drug-likeness (QED) is 0.478. The van der Waals surface area contributed by atoms with Crippen molar-refractivity contribution in [3.8, 4) is 11.5 Å². The van der Waals surface area contributed by atoms with Crippen LogP contribution in [0.3, 0.4) is 0 Å². The number of piperidine rings is 1. The Balaban J connectivity index is 1.41. The van der Waals surface area contributed by atoms with E-state index in [-0.39, 0.29) is 12.5 Å². The van der Waals surface area contributed by atoms with Gasteiger partial charge in [0.1, 0.15) is 0 Å². The fourth-order valence-corrected chi connectivity index (χ4v) is 3.73. The van der Waals surface area contributed by atoms with Crippen molar-refractivity contribution in [3.63, 3.8) is 0 Å². The molecule has 1 saturated heterocycles. The molecule has 3 rings (SSSR count). The Morgan fingerprint density at radius 1 is 1.00 bits per heavy atom. The molecular weight excluding hydrogens is 394 g/mol. The van der Waals surface area contributed by atoms with Gasteiger partial charge in [-0.1, -0.05) is 36.4 Å². The normalized spacial score (nSPS) is 14.5. The van der Waals surface area contributed by atoms with E-state index < -0.39 is 5.97 Å². The average Bonchev–Trinajstić information content (AvgIpc) is 2.82. The number of hydrogen-bond acceptors (Lipinski definition) is 5. The largest absolute Gasteiger partial charge is 0.493 e. The van der Waals surface area contributed by atoms with Crippen molar-refractivity contribution in [3.05, 3.63) is 65.7 Å². The Hall–Kier alpha value is -3.28. The SMILES string of the molecule is COc1ccc(C=CC(=O)OCC(=O)N2CCC(Cc3ccccc3)CC2)cc1OC. The molecule has 1 amide bonds. The van der Waals surface area contributed by atoms with E-state index in [1.54, 1.807) is 43.4 Å². The van der Waals surface area contributed by atoms with Crippen LogP contribution in [-0.4, -0.2) is 50.7 Å². The number of benzene rings is 2. The third kappa shape index (κ3) is 6.60. The van der Waals surface area contributed by atoms with Gasteiger partial charge in [-0.25, -0.2) is 4.79 Å². The molecule has 1 aliphatic rings. The number of rotatable bonds is 8. The average molecular weight is 424 g/mol. The summed E-state index contributed by atoms with van der Waals surface area (Å²) in [6.45, 7) is 1.17. The number of amides is 1. The van der Waals surface area contributed by atoms with Gasteiger partial charge in [0, 0.05) is 19.2 Å². The Bertz CT molecular complexity index is 901. The highest BCUT2D eigenvalue weighted by Gasteiger charge is 2.23. The number of likely N-dealkylation sites (tertiary alicyclic amines) is 1. The number of carbonyl (C=O) groups is 2. The van der Waals surface area contributed by atoms with E-state index in [1.807, 2.05) is 6.07 Å². The molecular formula is C25H29NO5. The highest BCUT2D eigenvalue weighted by atomic mass is 16.5. The van der Waals surface area contributed by atoms with Gasteiger partial charge < -0.3 is 19.1 Å². The molecule has 0 aliphatic carbocycles. The molecule has 0 unspecified atom stereocenters. The Morgan fingerprint density at radius 2 is 1.71 bits per heavy atom. The lowest BCUT2D eigenvalue weighted by Crippen LogP contribution is -2.41. The van der Waals surface area contributed by atoms with Crippen LogP contribution >= 0.6 is 0 Å². The van der Waals surface area contributed by atoms with Crippen molar-refractivity contribution in [1.29, 1.82) is 0 Å². The molecule has 0 radical (unpaired) electrons. The zero-order valence-electron chi connectivity index (χ0n) is 18.1. The summed E-state index contributed by atoms with van der Waals surface area (Å²) in [5.74, 6) is 1.07. The van der Waals surface area contributed by atoms with Crippen LogP contribution in [0.1, 0.15) is 24.0 Å². The van der Waals surface area contributed by atoms with Gasteiger partial charge in [0.05, 0.1) is 14.2 Å². The van der Waals surface area contributed by atoms with E-state index in [1.165, 1.54) is 11.6 Å². The van der Waals surface area contributed by atoms with Crippen molar-refractivity contribution in [2.75, 3.05) is 33.9 Å². The Labute approximate surface area is 183 Å². The van der Waals surface area contributed by atoms with Crippen molar-refractivity contribution in [1.82, 2.24) is 4.90 Å². The van der Waals surface area contributed by atoms with Crippen molar-refractivity contribution >= 4 is 18.0 Å². The summed E-state index contributed by atoms with van der Waals surface area (Å²) >= 11 is 0. The van der Waals surface area contributed by atoms with E-state index in [0.29, 0.717) is 30.5 Å². The number of ether oxygens (including phenoxy) is 3. The Kier molecular flexibility index (Phi) is 8.10. The fourth-order valence-electron chi connectivity index (χ4n) is 3.73. The molecule has 1 aliphatic heterocycles. The van der Waals surface area contributed by atoms with Gasteiger partial charge >= 0.3 is 5.97 Å². The maximum atomic E-state index is 12.4. The summed E-state index contributed by atoms with van der Waals surface area (Å²) in [7, 11) is 3.11. The molecule has 0 spiro atoms. The highest BCUT2D eigenvalue weighted by molar-refractivity contribution is 5.89. The molecule has 31 heavy (non-hydrogen) atoms. The second-order valence-electron chi connectivity index (χ2n) is 7.57. The van der Waals surface area contributed by atoms with E-state index in [2.05, 4.69) is 24.3 Å². The zero-order chi connectivity index (χ0) is 22.1. The minimum atomic E-state index is -0.554. The first-order valence-corrected chi connectivity index (χ1v) is 10.5. The minimum Gasteiger partial charge on any atom is -0.493 e. The van der Waals surface area contributed by atoms with Gasteiger partial charge in [0.2, 0.25) is 0 Å². The van der Waals surface area contributed by atoms with Crippen LogP contribution < -0.4 is 9.47 Å². The minimum absolute atomic E-state index is 0.147. The molecule has 2 aromatic carbocycles. The molecule has 6 nitrogen and oxygen atoms in total.